The highest BCUT2D eigenvalue weighted by Crippen LogP contribution is 2.26. The molecule has 0 aromatic heterocycles. The van der Waals surface area contributed by atoms with Crippen LogP contribution in [0.1, 0.15) is 24.0 Å². The first-order valence-electron chi connectivity index (χ1n) is 11.0. The van der Waals surface area contributed by atoms with Gasteiger partial charge >= 0.3 is 0 Å². The second kappa shape index (κ2) is 11.8. The average Bonchev–Trinajstić information content (AvgIpc) is 2.76. The monoisotopic (exact) mass is 426 g/mol. The zero-order chi connectivity index (χ0) is 22.1. The van der Waals surface area contributed by atoms with Crippen molar-refractivity contribution >= 4 is 5.78 Å². The van der Waals surface area contributed by atoms with E-state index >= 15 is 0 Å². The number of β-amino-alcohol motifs (C(OH)–C–C–N with tert-alkyl or cyclic N) is 1. The van der Waals surface area contributed by atoms with Crippen LogP contribution < -0.4 is 9.47 Å². The number of ether oxygens (including phenoxy) is 2. The molecule has 0 amide bonds. The summed E-state index contributed by atoms with van der Waals surface area (Å²) in [6.07, 6.45) is 1.23. The van der Waals surface area contributed by atoms with Crippen LogP contribution in [0.3, 0.4) is 0 Å². The standard InChI is InChI=1S/C25H34N2O4/c1-26(2)15-16-30-24-9-5-6-10-25(24)31-19-23(29)12-11-22(28)18-27-14-13-20-7-3-4-8-21(20)17-27/h3-10,22,28H,11-19H2,1-2H3/t22-/m1/s1. The highest BCUT2D eigenvalue weighted by Gasteiger charge is 2.19. The third-order valence-corrected chi connectivity index (χ3v) is 5.47. The number of ketones is 1. The van der Waals surface area contributed by atoms with Gasteiger partial charge in [0.1, 0.15) is 13.2 Å². The van der Waals surface area contributed by atoms with Gasteiger partial charge in [-0.05, 0) is 50.2 Å². The van der Waals surface area contributed by atoms with E-state index in [1.807, 2.05) is 37.2 Å². The summed E-state index contributed by atoms with van der Waals surface area (Å²) in [6, 6.07) is 15.9. The van der Waals surface area contributed by atoms with Crippen LogP contribution >= 0.6 is 0 Å². The average molecular weight is 427 g/mol. The first-order chi connectivity index (χ1) is 15.0. The SMILES string of the molecule is CN(C)CCOc1ccccc1OCC(=O)CC[C@@H](O)CN1CCc2ccccc2C1. The molecule has 1 heterocycles. The normalized spacial score (nSPS) is 14.8. The molecule has 168 valence electrons. The molecule has 31 heavy (non-hydrogen) atoms. The third-order valence-electron chi connectivity index (χ3n) is 5.47. The van der Waals surface area contributed by atoms with Crippen LogP contribution in [0.5, 0.6) is 11.5 Å². The minimum Gasteiger partial charge on any atom is -0.488 e. The van der Waals surface area contributed by atoms with E-state index in [4.69, 9.17) is 9.47 Å². The van der Waals surface area contributed by atoms with Crippen LogP contribution in [0.4, 0.5) is 0 Å². The van der Waals surface area contributed by atoms with E-state index in [2.05, 4.69) is 29.2 Å². The van der Waals surface area contributed by atoms with Crippen LogP contribution in [0, 0.1) is 0 Å². The maximum absolute atomic E-state index is 12.3. The molecule has 0 bridgehead atoms. The van der Waals surface area contributed by atoms with Crippen molar-refractivity contribution in [3.63, 3.8) is 0 Å². The lowest BCUT2D eigenvalue weighted by atomic mass is 9.99. The molecule has 2 aromatic rings. The van der Waals surface area contributed by atoms with E-state index in [0.29, 0.717) is 37.5 Å². The molecule has 0 spiro atoms. The number of benzene rings is 2. The van der Waals surface area contributed by atoms with Gasteiger partial charge in [-0.3, -0.25) is 9.69 Å². The molecule has 1 N–H and O–H groups in total. The number of Topliss-reactive ketones (excluding diaryl/α,β-unsaturated/α-hetero) is 1. The molecular formula is C25H34N2O4. The Hall–Kier alpha value is -2.41. The molecule has 6 nitrogen and oxygen atoms in total. The lowest BCUT2D eigenvalue weighted by molar-refractivity contribution is -0.121. The molecule has 1 aliphatic heterocycles. The predicted molar refractivity (Wildman–Crippen MR) is 122 cm³/mol. The van der Waals surface area contributed by atoms with Crippen molar-refractivity contribution in [1.29, 1.82) is 0 Å². The first-order valence-corrected chi connectivity index (χ1v) is 11.0. The number of hydrogen-bond donors (Lipinski definition) is 1. The van der Waals surface area contributed by atoms with Gasteiger partial charge in [0.25, 0.3) is 0 Å². The summed E-state index contributed by atoms with van der Waals surface area (Å²) in [7, 11) is 3.98. The first kappa shape index (κ1) is 23.3. The van der Waals surface area contributed by atoms with Gasteiger partial charge in [0.2, 0.25) is 0 Å². The maximum atomic E-state index is 12.3. The van der Waals surface area contributed by atoms with Crippen molar-refractivity contribution in [2.75, 3.05) is 46.9 Å². The fourth-order valence-electron chi connectivity index (χ4n) is 3.68. The van der Waals surface area contributed by atoms with E-state index in [1.165, 1.54) is 11.1 Å². The second-order valence-corrected chi connectivity index (χ2v) is 8.37. The third kappa shape index (κ3) is 7.65. The number of para-hydroxylation sites is 2. The minimum absolute atomic E-state index is 0.0160. The van der Waals surface area contributed by atoms with Gasteiger partial charge in [-0.15, -0.1) is 0 Å². The highest BCUT2D eigenvalue weighted by atomic mass is 16.5. The number of fused-ring (bicyclic) bond motifs is 1. The number of aliphatic hydroxyl groups is 1. The summed E-state index contributed by atoms with van der Waals surface area (Å²) in [5, 5.41) is 10.4. The number of likely N-dealkylation sites (N-methyl/N-ethyl adjacent to an activating group) is 1. The molecular weight excluding hydrogens is 392 g/mol. The summed E-state index contributed by atoms with van der Waals surface area (Å²) in [6.45, 7) is 3.72. The molecule has 1 aliphatic rings. The van der Waals surface area contributed by atoms with E-state index in [0.717, 1.165) is 26.1 Å². The Balaban J connectivity index is 1.38. The largest absolute Gasteiger partial charge is 0.488 e. The Morgan fingerprint density at radius 2 is 1.74 bits per heavy atom. The number of hydrogen-bond acceptors (Lipinski definition) is 6. The Bertz CT molecular complexity index is 840. The van der Waals surface area contributed by atoms with Gasteiger partial charge in [0, 0.05) is 32.6 Å². The number of carbonyl (C=O) groups is 1. The minimum atomic E-state index is -0.518. The van der Waals surface area contributed by atoms with Crippen molar-refractivity contribution in [3.8, 4) is 11.5 Å². The van der Waals surface area contributed by atoms with Gasteiger partial charge in [0.05, 0.1) is 6.10 Å². The van der Waals surface area contributed by atoms with Gasteiger partial charge in [-0.1, -0.05) is 36.4 Å². The van der Waals surface area contributed by atoms with Crippen LogP contribution in [0.25, 0.3) is 0 Å². The molecule has 0 radical (unpaired) electrons. The van der Waals surface area contributed by atoms with Crippen LogP contribution in [0.2, 0.25) is 0 Å². The fourth-order valence-corrected chi connectivity index (χ4v) is 3.68. The second-order valence-electron chi connectivity index (χ2n) is 8.37. The fraction of sp³-hybridized carbons (Fsp3) is 0.480. The molecule has 2 aromatic carbocycles. The highest BCUT2D eigenvalue weighted by molar-refractivity contribution is 5.80. The lowest BCUT2D eigenvalue weighted by Crippen LogP contribution is -2.36. The smallest absolute Gasteiger partial charge is 0.170 e. The molecule has 1 atom stereocenters. The van der Waals surface area contributed by atoms with Crippen molar-refractivity contribution in [2.24, 2.45) is 0 Å². The van der Waals surface area contributed by atoms with Crippen LogP contribution in [-0.4, -0.2) is 73.7 Å². The van der Waals surface area contributed by atoms with Gasteiger partial charge in [-0.2, -0.15) is 0 Å². The summed E-state index contributed by atoms with van der Waals surface area (Å²) in [4.78, 5) is 16.6. The molecule has 0 unspecified atom stereocenters. The zero-order valence-electron chi connectivity index (χ0n) is 18.6. The van der Waals surface area contributed by atoms with E-state index in [1.54, 1.807) is 6.07 Å². The quantitative estimate of drug-likeness (QED) is 0.563. The number of nitrogens with zero attached hydrogens (tertiary/aromatic N) is 2. The van der Waals surface area contributed by atoms with Crippen molar-refractivity contribution in [3.05, 3.63) is 59.7 Å². The Morgan fingerprint density at radius 1 is 1.06 bits per heavy atom. The topological polar surface area (TPSA) is 62.2 Å². The van der Waals surface area contributed by atoms with Crippen LogP contribution in [-0.2, 0) is 17.8 Å². The lowest BCUT2D eigenvalue weighted by Gasteiger charge is -2.30. The molecule has 0 saturated carbocycles. The van der Waals surface area contributed by atoms with E-state index < -0.39 is 6.10 Å². The zero-order valence-corrected chi connectivity index (χ0v) is 18.6. The molecule has 0 aliphatic carbocycles. The Kier molecular flexibility index (Phi) is 8.88. The van der Waals surface area contributed by atoms with Crippen molar-refractivity contribution < 1.29 is 19.4 Å². The van der Waals surface area contributed by atoms with E-state index in [9.17, 15) is 9.90 Å². The summed E-state index contributed by atoms with van der Waals surface area (Å²) in [5.41, 5.74) is 2.73. The molecule has 6 heteroatoms. The number of carbonyl (C=O) groups excluding carboxylic acids is 1. The Labute approximate surface area is 185 Å². The number of aliphatic hydroxyl groups excluding tert-OH is 1. The maximum Gasteiger partial charge on any atom is 0.170 e. The predicted octanol–water partition coefficient (Wildman–Crippen LogP) is 2.77. The summed E-state index contributed by atoms with van der Waals surface area (Å²) < 4.78 is 11.5. The van der Waals surface area contributed by atoms with Gasteiger partial charge in [0.15, 0.2) is 17.3 Å². The van der Waals surface area contributed by atoms with Gasteiger partial charge < -0.3 is 19.5 Å². The van der Waals surface area contributed by atoms with Crippen molar-refractivity contribution in [1.82, 2.24) is 9.80 Å². The summed E-state index contributed by atoms with van der Waals surface area (Å²) in [5.74, 6) is 1.19. The Morgan fingerprint density at radius 3 is 2.48 bits per heavy atom. The molecule has 0 saturated heterocycles. The van der Waals surface area contributed by atoms with Gasteiger partial charge in [-0.25, -0.2) is 0 Å². The molecule has 0 fully saturated rings. The van der Waals surface area contributed by atoms with E-state index in [-0.39, 0.29) is 12.4 Å². The van der Waals surface area contributed by atoms with Crippen LogP contribution in [0.15, 0.2) is 48.5 Å². The number of rotatable bonds is 12. The summed E-state index contributed by atoms with van der Waals surface area (Å²) >= 11 is 0. The van der Waals surface area contributed by atoms with Crippen molar-refractivity contribution in [2.45, 2.75) is 31.9 Å². The molecule has 3 rings (SSSR count).